The van der Waals surface area contributed by atoms with Gasteiger partial charge in [0.05, 0.1) is 6.07 Å². The zero-order chi connectivity index (χ0) is 12.9. The van der Waals surface area contributed by atoms with Crippen LogP contribution in [0.1, 0.15) is 52.4 Å². The largest absolute Gasteiger partial charge is 0.385 e. The van der Waals surface area contributed by atoms with Gasteiger partial charge in [-0.15, -0.1) is 0 Å². The second kappa shape index (κ2) is 5.64. The standard InChI is InChI=1S/C14H23NO2/c1-13(2)7-6-9-14(11-15,12(13)16)8-4-5-10-17-3/h4-10H2,1-3H3. The highest BCUT2D eigenvalue weighted by molar-refractivity contribution is 5.92. The van der Waals surface area contributed by atoms with Crippen LogP contribution in [0.25, 0.3) is 0 Å². The fourth-order valence-electron chi connectivity index (χ4n) is 2.78. The van der Waals surface area contributed by atoms with Crippen LogP contribution in [0.2, 0.25) is 0 Å². The van der Waals surface area contributed by atoms with Gasteiger partial charge in [-0.05, 0) is 32.1 Å². The van der Waals surface area contributed by atoms with Gasteiger partial charge < -0.3 is 4.74 Å². The molecule has 1 aliphatic carbocycles. The molecule has 1 aliphatic rings. The monoisotopic (exact) mass is 237 g/mol. The van der Waals surface area contributed by atoms with Crippen LogP contribution in [0.5, 0.6) is 0 Å². The number of methoxy groups -OCH3 is 1. The zero-order valence-electron chi connectivity index (χ0n) is 11.2. The van der Waals surface area contributed by atoms with Gasteiger partial charge in [-0.3, -0.25) is 4.79 Å². The minimum Gasteiger partial charge on any atom is -0.385 e. The Morgan fingerprint density at radius 3 is 2.65 bits per heavy atom. The number of ether oxygens (including phenoxy) is 1. The van der Waals surface area contributed by atoms with E-state index in [1.54, 1.807) is 7.11 Å². The summed E-state index contributed by atoms with van der Waals surface area (Å²) in [4.78, 5) is 12.4. The number of carbonyl (C=O) groups is 1. The van der Waals surface area contributed by atoms with Gasteiger partial charge in [0.2, 0.25) is 0 Å². The van der Waals surface area contributed by atoms with Gasteiger partial charge in [0.1, 0.15) is 5.41 Å². The summed E-state index contributed by atoms with van der Waals surface area (Å²) < 4.78 is 5.00. The maximum Gasteiger partial charge on any atom is 0.158 e. The molecule has 96 valence electrons. The first-order valence-electron chi connectivity index (χ1n) is 6.44. The van der Waals surface area contributed by atoms with E-state index < -0.39 is 5.41 Å². The van der Waals surface area contributed by atoms with Crippen molar-refractivity contribution < 1.29 is 9.53 Å². The lowest BCUT2D eigenvalue weighted by molar-refractivity contribution is -0.138. The molecular formula is C14H23NO2. The van der Waals surface area contributed by atoms with Crippen LogP contribution >= 0.6 is 0 Å². The number of Topliss-reactive ketones (excluding diaryl/α,β-unsaturated/α-hetero) is 1. The number of hydrogen-bond donors (Lipinski definition) is 0. The molecule has 17 heavy (non-hydrogen) atoms. The number of nitriles is 1. The van der Waals surface area contributed by atoms with Crippen molar-refractivity contribution in [3.05, 3.63) is 0 Å². The smallest absolute Gasteiger partial charge is 0.158 e. The van der Waals surface area contributed by atoms with Crippen molar-refractivity contribution >= 4 is 5.78 Å². The van der Waals surface area contributed by atoms with E-state index in [-0.39, 0.29) is 11.2 Å². The van der Waals surface area contributed by atoms with Crippen LogP contribution in [-0.2, 0) is 9.53 Å². The number of ketones is 1. The number of carbonyl (C=O) groups excluding carboxylic acids is 1. The topological polar surface area (TPSA) is 50.1 Å². The van der Waals surface area contributed by atoms with Gasteiger partial charge in [-0.2, -0.15) is 5.26 Å². The molecule has 0 aliphatic heterocycles. The molecule has 0 aromatic carbocycles. The van der Waals surface area contributed by atoms with E-state index in [9.17, 15) is 10.1 Å². The number of nitrogens with zero attached hydrogens (tertiary/aromatic N) is 1. The third-order valence-electron chi connectivity index (χ3n) is 3.87. The second-order valence-corrected chi connectivity index (χ2v) is 5.71. The van der Waals surface area contributed by atoms with Crippen molar-refractivity contribution in [2.24, 2.45) is 10.8 Å². The maximum absolute atomic E-state index is 12.4. The molecule has 1 rings (SSSR count). The molecule has 0 bridgehead atoms. The highest BCUT2D eigenvalue weighted by atomic mass is 16.5. The molecule has 0 radical (unpaired) electrons. The van der Waals surface area contributed by atoms with E-state index in [1.807, 2.05) is 13.8 Å². The third kappa shape index (κ3) is 3.07. The molecule has 3 heteroatoms. The molecular weight excluding hydrogens is 214 g/mol. The van der Waals surface area contributed by atoms with Gasteiger partial charge in [-0.1, -0.05) is 20.3 Å². The Bertz CT molecular complexity index is 317. The SMILES string of the molecule is COCCCCC1(C#N)CCCC(C)(C)C1=O. The van der Waals surface area contributed by atoms with Crippen molar-refractivity contribution in [3.63, 3.8) is 0 Å². The van der Waals surface area contributed by atoms with Crippen LogP contribution in [0.15, 0.2) is 0 Å². The van der Waals surface area contributed by atoms with Gasteiger partial charge >= 0.3 is 0 Å². The fraction of sp³-hybridized carbons (Fsp3) is 0.857. The van der Waals surface area contributed by atoms with Crippen molar-refractivity contribution in [1.82, 2.24) is 0 Å². The average Bonchev–Trinajstić information content (AvgIpc) is 2.30. The summed E-state index contributed by atoms with van der Waals surface area (Å²) in [6, 6.07) is 2.31. The Kier molecular flexibility index (Phi) is 4.70. The van der Waals surface area contributed by atoms with E-state index in [0.29, 0.717) is 13.0 Å². The number of unbranched alkanes of at least 4 members (excludes halogenated alkanes) is 1. The molecule has 0 spiro atoms. The van der Waals surface area contributed by atoms with Crippen molar-refractivity contribution in [1.29, 1.82) is 5.26 Å². The maximum atomic E-state index is 12.4. The lowest BCUT2D eigenvalue weighted by Gasteiger charge is -2.39. The normalized spacial score (nSPS) is 27.8. The van der Waals surface area contributed by atoms with E-state index in [4.69, 9.17) is 4.74 Å². The summed E-state index contributed by atoms with van der Waals surface area (Å²) >= 11 is 0. The lowest BCUT2D eigenvalue weighted by Crippen LogP contribution is -2.43. The molecule has 0 saturated heterocycles. The van der Waals surface area contributed by atoms with Gasteiger partial charge in [0.25, 0.3) is 0 Å². The molecule has 1 unspecified atom stereocenters. The first-order chi connectivity index (χ1) is 7.98. The highest BCUT2D eigenvalue weighted by Gasteiger charge is 2.48. The minimum absolute atomic E-state index is 0.149. The molecule has 3 nitrogen and oxygen atoms in total. The van der Waals surface area contributed by atoms with Gasteiger partial charge in [0.15, 0.2) is 5.78 Å². The summed E-state index contributed by atoms with van der Waals surface area (Å²) in [5.41, 5.74) is -1.05. The summed E-state index contributed by atoms with van der Waals surface area (Å²) in [6.07, 6.45) is 5.13. The van der Waals surface area contributed by atoms with Crippen molar-refractivity contribution in [2.45, 2.75) is 52.4 Å². The average molecular weight is 237 g/mol. The minimum atomic E-state index is -0.727. The van der Waals surface area contributed by atoms with Crippen LogP contribution in [0.4, 0.5) is 0 Å². The molecule has 0 aromatic rings. The first kappa shape index (κ1) is 14.2. The molecule has 1 atom stereocenters. The van der Waals surface area contributed by atoms with Crippen LogP contribution < -0.4 is 0 Å². The highest BCUT2D eigenvalue weighted by Crippen LogP contribution is 2.45. The Balaban J connectivity index is 2.68. The van der Waals surface area contributed by atoms with Crippen molar-refractivity contribution in [3.8, 4) is 6.07 Å². The predicted octanol–water partition coefficient (Wildman–Crippen LogP) is 3.09. The van der Waals surface area contributed by atoms with E-state index in [1.165, 1.54) is 0 Å². The Labute approximate surface area is 104 Å². The summed E-state index contributed by atoms with van der Waals surface area (Å²) in [6.45, 7) is 4.64. The van der Waals surface area contributed by atoms with Crippen LogP contribution in [0, 0.1) is 22.2 Å². The molecule has 0 aromatic heterocycles. The fourth-order valence-corrected chi connectivity index (χ4v) is 2.78. The summed E-state index contributed by atoms with van der Waals surface area (Å²) in [5.74, 6) is 0.149. The van der Waals surface area contributed by atoms with Gasteiger partial charge in [0, 0.05) is 19.1 Å². The third-order valence-corrected chi connectivity index (χ3v) is 3.87. The first-order valence-corrected chi connectivity index (χ1v) is 6.44. The van der Waals surface area contributed by atoms with E-state index in [0.717, 1.165) is 32.1 Å². The quantitative estimate of drug-likeness (QED) is 0.690. The predicted molar refractivity (Wildman–Crippen MR) is 66.4 cm³/mol. The van der Waals surface area contributed by atoms with Crippen LogP contribution in [-0.4, -0.2) is 19.5 Å². The summed E-state index contributed by atoms with van der Waals surface area (Å²) in [5, 5.41) is 9.40. The van der Waals surface area contributed by atoms with Gasteiger partial charge in [-0.25, -0.2) is 0 Å². The van der Waals surface area contributed by atoms with Crippen LogP contribution in [0.3, 0.4) is 0 Å². The second-order valence-electron chi connectivity index (χ2n) is 5.71. The molecule has 0 amide bonds. The van der Waals surface area contributed by atoms with Crippen molar-refractivity contribution in [2.75, 3.05) is 13.7 Å². The lowest BCUT2D eigenvalue weighted by atomic mass is 9.61. The number of rotatable bonds is 5. The van der Waals surface area contributed by atoms with E-state index >= 15 is 0 Å². The Hall–Kier alpha value is -0.880. The number of hydrogen-bond acceptors (Lipinski definition) is 3. The molecule has 0 heterocycles. The zero-order valence-corrected chi connectivity index (χ0v) is 11.2. The Morgan fingerprint density at radius 2 is 2.06 bits per heavy atom. The molecule has 1 saturated carbocycles. The molecule has 0 N–H and O–H groups in total. The molecule has 1 fully saturated rings. The Morgan fingerprint density at radius 1 is 1.35 bits per heavy atom. The summed E-state index contributed by atoms with van der Waals surface area (Å²) in [7, 11) is 1.68. The van der Waals surface area contributed by atoms with E-state index in [2.05, 4.69) is 6.07 Å².